The summed E-state index contributed by atoms with van der Waals surface area (Å²) in [7, 11) is 0. The van der Waals surface area contributed by atoms with Gasteiger partial charge >= 0.3 is 0 Å². The number of anilines is 1. The molecule has 0 bridgehead atoms. The molecule has 0 aliphatic heterocycles. The highest BCUT2D eigenvalue weighted by atomic mass is 19.1. The van der Waals surface area contributed by atoms with Gasteiger partial charge in [0.15, 0.2) is 0 Å². The number of rotatable bonds is 7. The maximum atomic E-state index is 13.5. The SMILES string of the molecule is CCC(C)Nc1cc(C(=O)NCCc2ccccc2F)ncn1. The molecule has 1 atom stereocenters. The van der Waals surface area contributed by atoms with E-state index in [9.17, 15) is 9.18 Å². The Hall–Kier alpha value is -2.50. The molecule has 0 spiro atoms. The highest BCUT2D eigenvalue weighted by molar-refractivity contribution is 5.92. The van der Waals surface area contributed by atoms with Crippen LogP contribution in [0.5, 0.6) is 0 Å². The first kappa shape index (κ1) is 16.9. The van der Waals surface area contributed by atoms with Crippen LogP contribution < -0.4 is 10.6 Å². The first-order valence-corrected chi connectivity index (χ1v) is 7.70. The van der Waals surface area contributed by atoms with Crippen LogP contribution in [0.2, 0.25) is 0 Å². The Kier molecular flexibility index (Phi) is 6.02. The fraction of sp³-hybridized carbons (Fsp3) is 0.353. The third kappa shape index (κ3) is 5.02. The van der Waals surface area contributed by atoms with Crippen molar-refractivity contribution in [3.05, 3.63) is 53.7 Å². The van der Waals surface area contributed by atoms with Crippen molar-refractivity contribution in [3.63, 3.8) is 0 Å². The van der Waals surface area contributed by atoms with Crippen LogP contribution in [0.1, 0.15) is 36.3 Å². The van der Waals surface area contributed by atoms with Crippen molar-refractivity contribution < 1.29 is 9.18 Å². The molecule has 23 heavy (non-hydrogen) atoms. The number of nitrogens with zero attached hydrogens (tertiary/aromatic N) is 2. The Morgan fingerprint density at radius 3 is 2.83 bits per heavy atom. The lowest BCUT2D eigenvalue weighted by Crippen LogP contribution is -2.27. The molecule has 1 aromatic heterocycles. The van der Waals surface area contributed by atoms with Gasteiger partial charge < -0.3 is 10.6 Å². The Bertz CT molecular complexity index is 663. The van der Waals surface area contributed by atoms with E-state index in [1.807, 2.05) is 6.92 Å². The molecule has 2 rings (SSSR count). The maximum absolute atomic E-state index is 13.5. The Morgan fingerprint density at radius 1 is 1.30 bits per heavy atom. The topological polar surface area (TPSA) is 66.9 Å². The standard InChI is InChI=1S/C17H21FN4O/c1-3-12(2)22-16-10-15(20-11-21-16)17(23)19-9-8-13-6-4-5-7-14(13)18/h4-7,10-12H,3,8-9H2,1-2H3,(H,19,23)(H,20,21,22). The van der Waals surface area contributed by atoms with Crippen molar-refractivity contribution in [3.8, 4) is 0 Å². The van der Waals surface area contributed by atoms with Crippen LogP contribution in [0, 0.1) is 5.82 Å². The highest BCUT2D eigenvalue weighted by Crippen LogP contribution is 2.08. The van der Waals surface area contributed by atoms with Crippen molar-refractivity contribution in [1.29, 1.82) is 0 Å². The van der Waals surface area contributed by atoms with Crippen LogP contribution in [0.3, 0.4) is 0 Å². The van der Waals surface area contributed by atoms with E-state index >= 15 is 0 Å². The molecule has 0 aliphatic carbocycles. The monoisotopic (exact) mass is 316 g/mol. The van der Waals surface area contributed by atoms with Crippen molar-refractivity contribution >= 4 is 11.7 Å². The predicted molar refractivity (Wildman–Crippen MR) is 87.8 cm³/mol. The van der Waals surface area contributed by atoms with E-state index < -0.39 is 0 Å². The zero-order chi connectivity index (χ0) is 16.7. The van der Waals surface area contributed by atoms with Crippen LogP contribution in [0.15, 0.2) is 36.7 Å². The first-order valence-electron chi connectivity index (χ1n) is 7.70. The molecule has 1 amide bonds. The fourth-order valence-corrected chi connectivity index (χ4v) is 2.02. The second-order valence-electron chi connectivity index (χ2n) is 5.34. The number of hydrogen-bond acceptors (Lipinski definition) is 4. The average Bonchev–Trinajstić information content (AvgIpc) is 2.56. The smallest absolute Gasteiger partial charge is 0.270 e. The van der Waals surface area contributed by atoms with Crippen LogP contribution in [0.25, 0.3) is 0 Å². The minimum Gasteiger partial charge on any atom is -0.368 e. The lowest BCUT2D eigenvalue weighted by atomic mass is 10.1. The summed E-state index contributed by atoms with van der Waals surface area (Å²) in [5, 5.41) is 5.94. The van der Waals surface area contributed by atoms with Gasteiger partial charge in [-0.05, 0) is 31.4 Å². The number of nitrogens with one attached hydrogen (secondary N) is 2. The number of carbonyl (C=O) groups is 1. The quantitative estimate of drug-likeness (QED) is 0.824. The summed E-state index contributed by atoms with van der Waals surface area (Å²) in [5.41, 5.74) is 0.869. The minimum atomic E-state index is -0.295. The largest absolute Gasteiger partial charge is 0.368 e. The summed E-state index contributed by atoms with van der Waals surface area (Å²) in [6.45, 7) is 4.45. The predicted octanol–water partition coefficient (Wildman–Crippen LogP) is 2.80. The third-order valence-corrected chi connectivity index (χ3v) is 3.54. The van der Waals surface area contributed by atoms with Gasteiger partial charge in [-0.3, -0.25) is 4.79 Å². The first-order chi connectivity index (χ1) is 11.1. The molecule has 1 aromatic carbocycles. The molecule has 5 nitrogen and oxygen atoms in total. The molecule has 2 N–H and O–H groups in total. The van der Waals surface area contributed by atoms with Crippen LogP contribution in [-0.4, -0.2) is 28.5 Å². The van der Waals surface area contributed by atoms with Gasteiger partial charge in [-0.2, -0.15) is 0 Å². The van der Waals surface area contributed by atoms with Crippen molar-refractivity contribution in [1.82, 2.24) is 15.3 Å². The van der Waals surface area contributed by atoms with Crippen LogP contribution in [-0.2, 0) is 6.42 Å². The summed E-state index contributed by atoms with van der Waals surface area (Å²) in [6, 6.07) is 8.42. The Labute approximate surface area is 135 Å². The molecule has 6 heteroatoms. The zero-order valence-electron chi connectivity index (χ0n) is 13.3. The molecule has 122 valence electrons. The maximum Gasteiger partial charge on any atom is 0.270 e. The van der Waals surface area contributed by atoms with E-state index in [2.05, 4.69) is 27.5 Å². The molecule has 2 aromatic rings. The number of halogens is 1. The number of benzene rings is 1. The lowest BCUT2D eigenvalue weighted by Gasteiger charge is -2.12. The minimum absolute atomic E-state index is 0.260. The van der Waals surface area contributed by atoms with Gasteiger partial charge in [-0.15, -0.1) is 0 Å². The molecule has 1 heterocycles. The molecule has 1 unspecified atom stereocenters. The number of aromatic nitrogens is 2. The highest BCUT2D eigenvalue weighted by Gasteiger charge is 2.10. The molecule has 0 saturated heterocycles. The van der Waals surface area contributed by atoms with E-state index in [1.165, 1.54) is 12.4 Å². The van der Waals surface area contributed by atoms with Crippen molar-refractivity contribution in [2.75, 3.05) is 11.9 Å². The van der Waals surface area contributed by atoms with Gasteiger partial charge in [0.25, 0.3) is 5.91 Å². The lowest BCUT2D eigenvalue weighted by molar-refractivity contribution is 0.0949. The average molecular weight is 316 g/mol. The number of carbonyl (C=O) groups excluding carboxylic acids is 1. The molecular formula is C17H21FN4O. The summed E-state index contributed by atoms with van der Waals surface area (Å²) in [4.78, 5) is 20.2. The second kappa shape index (κ2) is 8.22. The van der Waals surface area contributed by atoms with Crippen LogP contribution in [0.4, 0.5) is 10.2 Å². The van der Waals surface area contributed by atoms with E-state index in [-0.39, 0.29) is 17.8 Å². The molecule has 0 radical (unpaired) electrons. The Balaban J connectivity index is 1.90. The molecule has 0 aliphatic rings. The van der Waals surface area contributed by atoms with Crippen molar-refractivity contribution in [2.45, 2.75) is 32.7 Å². The van der Waals surface area contributed by atoms with E-state index in [0.29, 0.717) is 30.0 Å². The van der Waals surface area contributed by atoms with Gasteiger partial charge in [-0.1, -0.05) is 25.1 Å². The number of hydrogen-bond donors (Lipinski definition) is 2. The van der Waals surface area contributed by atoms with Gasteiger partial charge in [0.2, 0.25) is 0 Å². The summed E-state index contributed by atoms with van der Waals surface area (Å²) < 4.78 is 13.5. The summed E-state index contributed by atoms with van der Waals surface area (Å²) in [5.74, 6) is 0.0633. The van der Waals surface area contributed by atoms with E-state index in [4.69, 9.17) is 0 Å². The summed E-state index contributed by atoms with van der Waals surface area (Å²) in [6.07, 6.45) is 2.74. The second-order valence-corrected chi connectivity index (χ2v) is 5.34. The fourth-order valence-electron chi connectivity index (χ4n) is 2.02. The summed E-state index contributed by atoms with van der Waals surface area (Å²) >= 11 is 0. The molecular weight excluding hydrogens is 295 g/mol. The number of amides is 1. The van der Waals surface area contributed by atoms with Gasteiger partial charge in [-0.25, -0.2) is 14.4 Å². The Morgan fingerprint density at radius 2 is 2.09 bits per heavy atom. The zero-order valence-corrected chi connectivity index (χ0v) is 13.3. The molecule has 0 fully saturated rings. The normalized spacial score (nSPS) is 11.8. The van der Waals surface area contributed by atoms with Gasteiger partial charge in [0.1, 0.15) is 23.7 Å². The van der Waals surface area contributed by atoms with Gasteiger partial charge in [0.05, 0.1) is 0 Å². The van der Waals surface area contributed by atoms with Gasteiger partial charge in [0, 0.05) is 18.7 Å². The third-order valence-electron chi connectivity index (χ3n) is 3.54. The molecule has 0 saturated carbocycles. The van der Waals surface area contributed by atoms with E-state index in [0.717, 1.165) is 6.42 Å². The van der Waals surface area contributed by atoms with E-state index in [1.54, 1.807) is 24.3 Å². The van der Waals surface area contributed by atoms with Crippen LogP contribution >= 0.6 is 0 Å². The van der Waals surface area contributed by atoms with Crippen molar-refractivity contribution in [2.24, 2.45) is 0 Å².